The summed E-state index contributed by atoms with van der Waals surface area (Å²) < 4.78 is 18.4. The molecule has 0 heterocycles. The van der Waals surface area contributed by atoms with Gasteiger partial charge in [-0.05, 0) is 42.4 Å². The molecule has 0 aliphatic carbocycles. The SMILES string of the molecule is CC(C)C[C@H](N)C(=O)C(C(=O)OCc1ccccc1)C(C)C[C@H](N)C(O)P(=O)(O)c1ccccc1. The Balaban J connectivity index is 2.19. The van der Waals surface area contributed by atoms with Crippen molar-refractivity contribution in [1.29, 1.82) is 0 Å². The lowest BCUT2D eigenvalue weighted by atomic mass is 9.81. The topological polar surface area (TPSA) is 153 Å². The summed E-state index contributed by atoms with van der Waals surface area (Å²) in [7, 11) is -4.21. The van der Waals surface area contributed by atoms with Crippen LogP contribution in [-0.2, 0) is 25.5 Å². The summed E-state index contributed by atoms with van der Waals surface area (Å²) in [5, 5.41) is 10.7. The Kier molecular flexibility index (Phi) is 10.8. The first-order chi connectivity index (χ1) is 16.4. The Morgan fingerprint density at radius 3 is 2.03 bits per heavy atom. The molecule has 0 spiro atoms. The van der Waals surface area contributed by atoms with E-state index in [-0.39, 0.29) is 24.3 Å². The predicted octanol–water partition coefficient (Wildman–Crippen LogP) is 2.56. The highest BCUT2D eigenvalue weighted by Gasteiger charge is 2.41. The van der Waals surface area contributed by atoms with Crippen LogP contribution in [0.1, 0.15) is 39.2 Å². The fourth-order valence-corrected chi connectivity index (χ4v) is 5.59. The summed E-state index contributed by atoms with van der Waals surface area (Å²) >= 11 is 0. The molecule has 0 saturated heterocycles. The van der Waals surface area contributed by atoms with Gasteiger partial charge in [0.05, 0.1) is 6.04 Å². The largest absolute Gasteiger partial charge is 0.460 e. The fraction of sp³-hybridized carbons (Fsp3) is 0.462. The number of ketones is 1. The number of aliphatic hydroxyl groups is 1. The van der Waals surface area contributed by atoms with Crippen LogP contribution in [0.2, 0.25) is 0 Å². The number of hydrogen-bond donors (Lipinski definition) is 4. The summed E-state index contributed by atoms with van der Waals surface area (Å²) in [5.74, 6) is -4.75. The van der Waals surface area contributed by atoms with E-state index in [1.807, 2.05) is 32.0 Å². The smallest absolute Gasteiger partial charge is 0.317 e. The first-order valence-corrected chi connectivity index (χ1v) is 13.5. The molecule has 0 aliphatic heterocycles. The van der Waals surface area contributed by atoms with Crippen molar-refractivity contribution >= 4 is 24.4 Å². The number of rotatable bonds is 13. The summed E-state index contributed by atoms with van der Waals surface area (Å²) in [5.41, 5.74) is 13.0. The van der Waals surface area contributed by atoms with Gasteiger partial charge < -0.3 is 26.2 Å². The second-order valence-electron chi connectivity index (χ2n) is 9.46. The minimum absolute atomic E-state index is 0.00980. The molecule has 0 aromatic heterocycles. The van der Waals surface area contributed by atoms with E-state index >= 15 is 0 Å². The highest BCUT2D eigenvalue weighted by molar-refractivity contribution is 7.66. The van der Waals surface area contributed by atoms with Crippen molar-refractivity contribution in [3.05, 3.63) is 66.2 Å². The summed E-state index contributed by atoms with van der Waals surface area (Å²) in [6.07, 6.45) is 0.326. The maximum absolute atomic E-state index is 13.2. The molecule has 2 rings (SSSR count). The van der Waals surface area contributed by atoms with Gasteiger partial charge in [0.1, 0.15) is 18.4 Å². The molecule has 0 saturated carbocycles. The molecule has 8 nitrogen and oxygen atoms in total. The van der Waals surface area contributed by atoms with Crippen LogP contribution < -0.4 is 16.8 Å². The number of ether oxygens (including phenoxy) is 1. The lowest BCUT2D eigenvalue weighted by molar-refractivity contribution is -0.156. The maximum Gasteiger partial charge on any atom is 0.317 e. The Morgan fingerprint density at radius 1 is 0.943 bits per heavy atom. The van der Waals surface area contributed by atoms with Crippen molar-refractivity contribution in [1.82, 2.24) is 0 Å². The Bertz CT molecular complexity index is 1000. The first kappa shape index (κ1) is 28.9. The van der Waals surface area contributed by atoms with Crippen LogP contribution >= 0.6 is 7.37 Å². The second kappa shape index (κ2) is 13.1. The number of hydrogen-bond acceptors (Lipinski definition) is 7. The number of aliphatic hydroxyl groups excluding tert-OH is 1. The third-order valence-electron chi connectivity index (χ3n) is 5.96. The van der Waals surface area contributed by atoms with Gasteiger partial charge in [0.2, 0.25) is 0 Å². The highest BCUT2D eigenvalue weighted by atomic mass is 31.2. The van der Waals surface area contributed by atoms with E-state index in [4.69, 9.17) is 16.2 Å². The third-order valence-corrected chi connectivity index (χ3v) is 8.09. The predicted molar refractivity (Wildman–Crippen MR) is 136 cm³/mol. The van der Waals surface area contributed by atoms with E-state index in [9.17, 15) is 24.2 Å². The lowest BCUT2D eigenvalue weighted by Crippen LogP contribution is -2.46. The van der Waals surface area contributed by atoms with Gasteiger partial charge in [-0.15, -0.1) is 0 Å². The zero-order chi connectivity index (χ0) is 26.2. The standard InChI is InChI=1S/C26H37N2O6P/c1-17(2)14-21(27)24(29)23(25(30)34-16-19-10-6-4-7-11-19)18(3)15-22(28)26(31)35(32,33)20-12-8-5-9-13-20/h4-13,17-18,21-23,26,31H,14-16,27-28H2,1-3H3,(H,32,33)/t18?,21-,22-,23?,26?/m0/s1. The van der Waals surface area contributed by atoms with Crippen molar-refractivity contribution < 1.29 is 28.9 Å². The number of benzene rings is 2. The molecule has 6 atom stereocenters. The van der Waals surface area contributed by atoms with Crippen LogP contribution in [0.3, 0.4) is 0 Å². The quantitative estimate of drug-likeness (QED) is 0.184. The van der Waals surface area contributed by atoms with Gasteiger partial charge in [0.15, 0.2) is 5.78 Å². The Morgan fingerprint density at radius 2 is 1.49 bits per heavy atom. The first-order valence-electron chi connectivity index (χ1n) is 11.8. The van der Waals surface area contributed by atoms with Crippen molar-refractivity contribution in [3.8, 4) is 0 Å². The van der Waals surface area contributed by atoms with Crippen molar-refractivity contribution in [3.63, 3.8) is 0 Å². The summed E-state index contributed by atoms with van der Waals surface area (Å²) in [6.45, 7) is 5.47. The molecule has 192 valence electrons. The molecule has 0 aliphatic rings. The molecule has 2 aromatic carbocycles. The maximum atomic E-state index is 13.2. The van der Waals surface area contributed by atoms with Gasteiger partial charge >= 0.3 is 5.97 Å². The van der Waals surface area contributed by atoms with E-state index in [0.717, 1.165) is 5.56 Å². The normalized spacial score (nSPS) is 17.6. The second-order valence-corrected chi connectivity index (χ2v) is 11.7. The molecule has 4 unspecified atom stereocenters. The highest BCUT2D eigenvalue weighted by Crippen LogP contribution is 2.45. The Labute approximate surface area is 207 Å². The molecular weight excluding hydrogens is 467 g/mol. The van der Waals surface area contributed by atoms with E-state index in [0.29, 0.717) is 6.42 Å². The molecule has 0 bridgehead atoms. The number of nitrogens with two attached hydrogens (primary N) is 2. The van der Waals surface area contributed by atoms with Crippen LogP contribution in [0.4, 0.5) is 0 Å². The van der Waals surface area contributed by atoms with Gasteiger partial charge in [0, 0.05) is 11.3 Å². The Hall–Kier alpha value is -2.35. The molecule has 2 aromatic rings. The van der Waals surface area contributed by atoms with E-state index in [2.05, 4.69) is 0 Å². The molecular formula is C26H37N2O6P. The van der Waals surface area contributed by atoms with E-state index in [1.165, 1.54) is 12.1 Å². The van der Waals surface area contributed by atoms with Gasteiger partial charge in [-0.1, -0.05) is 69.3 Å². The van der Waals surface area contributed by atoms with Crippen molar-refractivity contribution in [2.75, 3.05) is 0 Å². The minimum atomic E-state index is -4.21. The van der Waals surface area contributed by atoms with Gasteiger partial charge in [-0.3, -0.25) is 14.2 Å². The van der Waals surface area contributed by atoms with Crippen LogP contribution in [0.25, 0.3) is 0 Å². The van der Waals surface area contributed by atoms with Crippen LogP contribution in [0, 0.1) is 17.8 Å². The molecule has 0 amide bonds. The number of Topliss-reactive ketones (excluding diaryl/α,β-unsaturated/α-hetero) is 1. The van der Waals surface area contributed by atoms with Crippen molar-refractivity contribution in [2.45, 2.75) is 58.1 Å². The number of carbonyl (C=O) groups is 2. The van der Waals surface area contributed by atoms with Gasteiger partial charge in [-0.25, -0.2) is 0 Å². The summed E-state index contributed by atoms with van der Waals surface area (Å²) in [4.78, 5) is 36.8. The fourth-order valence-electron chi connectivity index (χ4n) is 4.04. The van der Waals surface area contributed by atoms with Gasteiger partial charge in [0.25, 0.3) is 7.37 Å². The average Bonchev–Trinajstić information content (AvgIpc) is 2.83. The molecule has 35 heavy (non-hydrogen) atoms. The van der Waals surface area contributed by atoms with E-state index < -0.39 is 48.9 Å². The number of carbonyl (C=O) groups excluding carboxylic acids is 2. The van der Waals surface area contributed by atoms with Gasteiger partial charge in [-0.2, -0.15) is 0 Å². The van der Waals surface area contributed by atoms with E-state index in [1.54, 1.807) is 37.3 Å². The third kappa shape index (κ3) is 8.09. The average molecular weight is 505 g/mol. The molecule has 0 fully saturated rings. The molecule has 9 heteroatoms. The summed E-state index contributed by atoms with van der Waals surface area (Å²) in [6, 6.07) is 14.8. The number of esters is 1. The van der Waals surface area contributed by atoms with Crippen LogP contribution in [0.15, 0.2) is 60.7 Å². The van der Waals surface area contributed by atoms with Crippen molar-refractivity contribution in [2.24, 2.45) is 29.2 Å². The van der Waals surface area contributed by atoms with Crippen LogP contribution in [0.5, 0.6) is 0 Å². The lowest BCUT2D eigenvalue weighted by Gasteiger charge is -2.29. The van der Waals surface area contributed by atoms with Crippen LogP contribution in [-0.4, -0.2) is 39.7 Å². The minimum Gasteiger partial charge on any atom is -0.460 e. The zero-order valence-electron chi connectivity index (χ0n) is 20.5. The molecule has 0 radical (unpaired) electrons. The molecule has 6 N–H and O–H groups in total. The monoisotopic (exact) mass is 504 g/mol. The zero-order valence-corrected chi connectivity index (χ0v) is 21.4.